The molecule has 4 aromatic carbocycles. The van der Waals surface area contributed by atoms with Crippen molar-refractivity contribution in [1.29, 1.82) is 0 Å². The number of rotatable bonds is 2. The highest BCUT2D eigenvalue weighted by Gasteiger charge is 2.21. The Labute approximate surface area is 234 Å². The van der Waals surface area contributed by atoms with Crippen LogP contribution in [0.25, 0.3) is 55.3 Å². The molecule has 0 aliphatic rings. The van der Waals surface area contributed by atoms with E-state index in [4.69, 9.17) is 0 Å². The molecule has 0 spiro atoms. The number of hydrogen-bond donors (Lipinski definition) is 0. The molecule has 0 radical (unpaired) electrons. The number of aromatic nitrogens is 4. The van der Waals surface area contributed by atoms with Crippen LogP contribution in [0.3, 0.4) is 0 Å². The summed E-state index contributed by atoms with van der Waals surface area (Å²) in [4.78, 5) is 0. The molecule has 7 rings (SSSR count). The monoisotopic (exact) mass is 522 g/mol. The summed E-state index contributed by atoms with van der Waals surface area (Å²) in [6.07, 6.45) is 2.06. The topological polar surface area (TPSA) is 35.1 Å². The fraction of sp³-hybridized carbons (Fsp3) is 0.222. The van der Waals surface area contributed by atoms with Gasteiger partial charge in [0.15, 0.2) is 11.5 Å². The van der Waals surface area contributed by atoms with Crippen molar-refractivity contribution >= 4 is 38.2 Å². The number of hydrogen-bond acceptors (Lipinski definition) is 2. The Morgan fingerprint density at radius 1 is 0.575 bits per heavy atom. The van der Waals surface area contributed by atoms with Gasteiger partial charge in [-0.05, 0) is 81.9 Å². The van der Waals surface area contributed by atoms with Crippen LogP contribution in [0.5, 0.6) is 0 Å². The molecule has 0 fully saturated rings. The number of pyridine rings is 1. The maximum atomic E-state index is 4.58. The van der Waals surface area contributed by atoms with Crippen molar-refractivity contribution in [1.82, 2.24) is 19.2 Å². The molecule has 0 amide bonds. The molecule has 0 aliphatic heterocycles. The van der Waals surface area contributed by atoms with Gasteiger partial charge in [0.1, 0.15) is 0 Å². The second kappa shape index (κ2) is 8.53. The minimum atomic E-state index is 0.0816. The Balaban J connectivity index is 1.40. The molecule has 0 saturated heterocycles. The zero-order valence-corrected chi connectivity index (χ0v) is 24.0. The third kappa shape index (κ3) is 3.82. The molecular weight excluding hydrogens is 488 g/mol. The highest BCUT2D eigenvalue weighted by molar-refractivity contribution is 6.10. The van der Waals surface area contributed by atoms with E-state index >= 15 is 0 Å². The van der Waals surface area contributed by atoms with E-state index in [0.717, 1.165) is 28.1 Å². The molecule has 198 valence electrons. The fourth-order valence-electron chi connectivity index (χ4n) is 5.81. The molecule has 0 bridgehead atoms. The first-order valence-electron chi connectivity index (χ1n) is 14.0. The number of nitrogens with zero attached hydrogens (tertiary/aromatic N) is 4. The second-order valence-electron chi connectivity index (χ2n) is 13.0. The molecule has 3 heterocycles. The smallest absolute Gasteiger partial charge is 0.168 e. The van der Waals surface area contributed by atoms with Crippen molar-refractivity contribution in [3.8, 4) is 17.1 Å². The lowest BCUT2D eigenvalue weighted by Crippen LogP contribution is -2.10. The number of fused-ring (bicyclic) bond motifs is 6. The lowest BCUT2D eigenvalue weighted by Gasteiger charge is -2.19. The average molecular weight is 523 g/mol. The first-order chi connectivity index (χ1) is 19.1. The molecule has 4 nitrogen and oxygen atoms in total. The molecule has 0 N–H and O–H groups in total. The van der Waals surface area contributed by atoms with Crippen LogP contribution in [0.15, 0.2) is 97.2 Å². The van der Waals surface area contributed by atoms with E-state index in [9.17, 15) is 0 Å². The lowest BCUT2D eigenvalue weighted by molar-refractivity contribution is 0.590. The van der Waals surface area contributed by atoms with Gasteiger partial charge in [-0.3, -0.25) is 4.40 Å². The minimum Gasteiger partial charge on any atom is -0.309 e. The second-order valence-corrected chi connectivity index (χ2v) is 13.0. The summed E-state index contributed by atoms with van der Waals surface area (Å²) in [5, 5.41) is 14.0. The van der Waals surface area contributed by atoms with E-state index in [1.54, 1.807) is 0 Å². The molecule has 0 saturated carbocycles. The third-order valence-corrected chi connectivity index (χ3v) is 8.18. The van der Waals surface area contributed by atoms with Gasteiger partial charge < -0.3 is 4.57 Å². The average Bonchev–Trinajstić information content (AvgIpc) is 3.51. The van der Waals surface area contributed by atoms with E-state index in [-0.39, 0.29) is 10.8 Å². The van der Waals surface area contributed by atoms with E-state index in [2.05, 4.69) is 152 Å². The predicted octanol–water partition coefficient (Wildman–Crippen LogP) is 9.24. The standard InChI is InChI=1S/C36H34N4/c1-35(2,3)25-13-17-31-29(21-25)30-22-26(36(4,5)6)14-18-32(30)40(31)27-15-11-24(12-16-27)33-37-38-34-28-10-8-7-9-23(28)19-20-39(33)34/h7-22H,1-6H3. The van der Waals surface area contributed by atoms with Crippen LogP contribution in [0.4, 0.5) is 0 Å². The van der Waals surface area contributed by atoms with E-state index in [1.165, 1.54) is 38.3 Å². The normalized spacial score (nSPS) is 12.8. The summed E-state index contributed by atoms with van der Waals surface area (Å²) in [6, 6.07) is 33.1. The maximum absolute atomic E-state index is 4.58. The SMILES string of the molecule is CC(C)(C)c1ccc2c(c1)c1cc(C(C)(C)C)ccc1n2-c1ccc(-c2nnc3c4ccccc4ccn23)cc1. The zero-order valence-electron chi connectivity index (χ0n) is 24.0. The number of benzene rings is 4. The van der Waals surface area contributed by atoms with Crippen molar-refractivity contribution in [2.45, 2.75) is 52.4 Å². The van der Waals surface area contributed by atoms with E-state index < -0.39 is 0 Å². The van der Waals surface area contributed by atoms with Gasteiger partial charge in [-0.2, -0.15) is 0 Å². The Hall–Kier alpha value is -4.44. The molecule has 7 aromatic rings. The molecule has 0 atom stereocenters. The largest absolute Gasteiger partial charge is 0.309 e. The van der Waals surface area contributed by atoms with Crippen molar-refractivity contribution < 1.29 is 0 Å². The van der Waals surface area contributed by atoms with E-state index in [1.807, 2.05) is 6.07 Å². The zero-order chi connectivity index (χ0) is 27.8. The van der Waals surface area contributed by atoms with E-state index in [0.29, 0.717) is 0 Å². The maximum Gasteiger partial charge on any atom is 0.168 e. The molecule has 3 aromatic heterocycles. The highest BCUT2D eigenvalue weighted by Crippen LogP contribution is 2.38. The summed E-state index contributed by atoms with van der Waals surface area (Å²) < 4.78 is 4.47. The molecule has 0 unspecified atom stereocenters. The Morgan fingerprint density at radius 3 is 1.77 bits per heavy atom. The van der Waals surface area contributed by atoms with Crippen LogP contribution in [0, 0.1) is 0 Å². The van der Waals surface area contributed by atoms with Gasteiger partial charge in [-0.15, -0.1) is 10.2 Å². The van der Waals surface area contributed by atoms with Gasteiger partial charge in [0.2, 0.25) is 0 Å². The molecule has 40 heavy (non-hydrogen) atoms. The Bertz CT molecular complexity index is 1990. The van der Waals surface area contributed by atoms with Crippen LogP contribution in [-0.2, 0) is 10.8 Å². The van der Waals surface area contributed by atoms with Crippen LogP contribution in [0.1, 0.15) is 52.7 Å². The quantitative estimate of drug-likeness (QED) is 0.227. The van der Waals surface area contributed by atoms with Gasteiger partial charge in [0, 0.05) is 33.6 Å². The van der Waals surface area contributed by atoms with Crippen LogP contribution in [0.2, 0.25) is 0 Å². The van der Waals surface area contributed by atoms with Gasteiger partial charge >= 0.3 is 0 Å². The van der Waals surface area contributed by atoms with Crippen LogP contribution < -0.4 is 0 Å². The first-order valence-corrected chi connectivity index (χ1v) is 14.0. The summed E-state index contributed by atoms with van der Waals surface area (Å²) >= 11 is 0. The fourth-order valence-corrected chi connectivity index (χ4v) is 5.81. The highest BCUT2D eigenvalue weighted by atomic mass is 15.2. The first kappa shape index (κ1) is 24.6. The van der Waals surface area contributed by atoms with Gasteiger partial charge in [0.25, 0.3) is 0 Å². The van der Waals surface area contributed by atoms with Gasteiger partial charge in [-0.1, -0.05) is 77.9 Å². The molecular formula is C36H34N4. The van der Waals surface area contributed by atoms with Crippen LogP contribution in [-0.4, -0.2) is 19.2 Å². The van der Waals surface area contributed by atoms with Crippen molar-refractivity contribution in [2.24, 2.45) is 0 Å². The van der Waals surface area contributed by atoms with Crippen molar-refractivity contribution in [3.05, 3.63) is 108 Å². The predicted molar refractivity (Wildman–Crippen MR) is 168 cm³/mol. The van der Waals surface area contributed by atoms with Crippen molar-refractivity contribution in [2.75, 3.05) is 0 Å². The Kier molecular flexibility index (Phi) is 5.24. The van der Waals surface area contributed by atoms with Crippen LogP contribution >= 0.6 is 0 Å². The molecule has 0 aliphatic carbocycles. The summed E-state index contributed by atoms with van der Waals surface area (Å²) in [5.74, 6) is 0.846. The summed E-state index contributed by atoms with van der Waals surface area (Å²) in [5.41, 5.74) is 8.36. The summed E-state index contributed by atoms with van der Waals surface area (Å²) in [6.45, 7) is 13.7. The van der Waals surface area contributed by atoms with Gasteiger partial charge in [-0.25, -0.2) is 0 Å². The Morgan fingerprint density at radius 2 is 1.18 bits per heavy atom. The minimum absolute atomic E-state index is 0.0816. The third-order valence-electron chi connectivity index (χ3n) is 8.18. The summed E-state index contributed by atoms with van der Waals surface area (Å²) in [7, 11) is 0. The van der Waals surface area contributed by atoms with Gasteiger partial charge in [0.05, 0.1) is 11.0 Å². The molecule has 4 heteroatoms. The van der Waals surface area contributed by atoms with Crippen molar-refractivity contribution in [3.63, 3.8) is 0 Å². The lowest BCUT2D eigenvalue weighted by atomic mass is 9.85.